The van der Waals surface area contributed by atoms with Gasteiger partial charge in [-0.05, 0) is 55.5 Å². The second kappa shape index (κ2) is 8.75. The fraction of sp³-hybridized carbons (Fsp3) is 0.667. The van der Waals surface area contributed by atoms with Crippen LogP contribution in [0.5, 0.6) is 0 Å². The number of halogens is 2. The second-order valence-corrected chi connectivity index (χ2v) is 6.66. The number of hydrogen-bond acceptors (Lipinski definition) is 1. The molecule has 0 aliphatic heterocycles. The standard InChI is InChI=1S/C18H27ClFN/c1-2-12-21-18(11-8-14-6-4-3-5-7-14)16-13-15(20)9-10-17(16)19/h9-10,13-14,18,21H,2-8,11-12H2,1H3. The van der Waals surface area contributed by atoms with Crippen LogP contribution in [0.15, 0.2) is 18.2 Å². The first-order valence-electron chi connectivity index (χ1n) is 8.39. The molecule has 1 N–H and O–H groups in total. The Bertz CT molecular complexity index is 429. The number of benzene rings is 1. The van der Waals surface area contributed by atoms with Gasteiger partial charge in [-0.2, -0.15) is 0 Å². The summed E-state index contributed by atoms with van der Waals surface area (Å²) < 4.78 is 13.5. The van der Waals surface area contributed by atoms with E-state index in [0.717, 1.165) is 30.9 Å². The van der Waals surface area contributed by atoms with Gasteiger partial charge in [0.25, 0.3) is 0 Å². The lowest BCUT2D eigenvalue weighted by molar-refractivity contribution is 0.314. The summed E-state index contributed by atoms with van der Waals surface area (Å²) in [5.41, 5.74) is 0.918. The minimum absolute atomic E-state index is 0.176. The third-order valence-electron chi connectivity index (χ3n) is 4.56. The van der Waals surface area contributed by atoms with Gasteiger partial charge in [-0.1, -0.05) is 50.6 Å². The maximum atomic E-state index is 13.5. The van der Waals surface area contributed by atoms with Crippen molar-refractivity contribution in [2.45, 2.75) is 64.3 Å². The number of nitrogens with one attached hydrogen (secondary N) is 1. The molecule has 3 heteroatoms. The lowest BCUT2D eigenvalue weighted by atomic mass is 9.84. The largest absolute Gasteiger partial charge is 0.310 e. The van der Waals surface area contributed by atoms with E-state index in [9.17, 15) is 4.39 Å². The van der Waals surface area contributed by atoms with Gasteiger partial charge in [0.2, 0.25) is 0 Å². The van der Waals surface area contributed by atoms with Crippen molar-refractivity contribution in [3.05, 3.63) is 34.6 Å². The summed E-state index contributed by atoms with van der Waals surface area (Å²) in [6, 6.07) is 4.88. The van der Waals surface area contributed by atoms with E-state index in [1.54, 1.807) is 12.1 Å². The van der Waals surface area contributed by atoms with E-state index in [1.807, 2.05) is 0 Å². The maximum Gasteiger partial charge on any atom is 0.123 e. The van der Waals surface area contributed by atoms with E-state index in [2.05, 4.69) is 12.2 Å². The van der Waals surface area contributed by atoms with Crippen molar-refractivity contribution < 1.29 is 4.39 Å². The van der Waals surface area contributed by atoms with Gasteiger partial charge < -0.3 is 5.32 Å². The summed E-state index contributed by atoms with van der Waals surface area (Å²) >= 11 is 6.28. The van der Waals surface area contributed by atoms with Crippen molar-refractivity contribution in [3.8, 4) is 0 Å². The molecule has 1 aliphatic rings. The van der Waals surface area contributed by atoms with E-state index >= 15 is 0 Å². The molecule has 1 nitrogen and oxygen atoms in total. The van der Waals surface area contributed by atoms with Gasteiger partial charge in [0.1, 0.15) is 5.82 Å². The highest BCUT2D eigenvalue weighted by molar-refractivity contribution is 6.31. The highest BCUT2D eigenvalue weighted by atomic mass is 35.5. The van der Waals surface area contributed by atoms with Crippen LogP contribution in [0.3, 0.4) is 0 Å². The zero-order chi connectivity index (χ0) is 15.1. The molecular formula is C18H27ClFN. The van der Waals surface area contributed by atoms with Crippen LogP contribution in [0.2, 0.25) is 5.02 Å². The van der Waals surface area contributed by atoms with Crippen LogP contribution in [-0.2, 0) is 0 Å². The first-order valence-corrected chi connectivity index (χ1v) is 8.76. The summed E-state index contributed by atoms with van der Waals surface area (Å²) in [5, 5.41) is 4.22. The minimum Gasteiger partial charge on any atom is -0.310 e. The Morgan fingerprint density at radius 2 is 2.05 bits per heavy atom. The van der Waals surface area contributed by atoms with E-state index in [4.69, 9.17) is 11.6 Å². The van der Waals surface area contributed by atoms with Crippen LogP contribution in [-0.4, -0.2) is 6.54 Å². The van der Waals surface area contributed by atoms with Gasteiger partial charge in [-0.15, -0.1) is 0 Å². The molecule has 118 valence electrons. The average Bonchev–Trinajstić information content (AvgIpc) is 2.51. The van der Waals surface area contributed by atoms with Crippen LogP contribution in [0.4, 0.5) is 4.39 Å². The molecule has 21 heavy (non-hydrogen) atoms. The molecule has 0 spiro atoms. The summed E-state index contributed by atoms with van der Waals surface area (Å²) in [4.78, 5) is 0. The predicted octanol–water partition coefficient (Wildman–Crippen LogP) is 5.88. The molecule has 1 saturated carbocycles. The van der Waals surface area contributed by atoms with Crippen LogP contribution in [0.25, 0.3) is 0 Å². The number of rotatable bonds is 7. The topological polar surface area (TPSA) is 12.0 Å². The molecule has 0 saturated heterocycles. The summed E-state index contributed by atoms with van der Waals surface area (Å²) in [6.45, 7) is 3.10. The Kier molecular flexibility index (Phi) is 6.98. The van der Waals surface area contributed by atoms with Crippen LogP contribution < -0.4 is 5.32 Å². The van der Waals surface area contributed by atoms with E-state index < -0.39 is 0 Å². The van der Waals surface area contributed by atoms with Gasteiger partial charge in [-0.25, -0.2) is 4.39 Å². The molecule has 1 aromatic carbocycles. The van der Waals surface area contributed by atoms with Crippen LogP contribution in [0.1, 0.15) is 69.9 Å². The molecular weight excluding hydrogens is 285 g/mol. The van der Waals surface area contributed by atoms with Crippen molar-refractivity contribution >= 4 is 11.6 Å². The Balaban J connectivity index is 2.00. The quantitative estimate of drug-likeness (QED) is 0.663. The second-order valence-electron chi connectivity index (χ2n) is 6.25. The molecule has 0 bridgehead atoms. The molecule has 0 heterocycles. The van der Waals surface area contributed by atoms with Crippen molar-refractivity contribution in [1.82, 2.24) is 5.32 Å². The Labute approximate surface area is 133 Å². The predicted molar refractivity (Wildman–Crippen MR) is 88.3 cm³/mol. The normalized spacial score (nSPS) is 17.9. The van der Waals surface area contributed by atoms with Gasteiger partial charge in [0.05, 0.1) is 0 Å². The van der Waals surface area contributed by atoms with Crippen molar-refractivity contribution in [2.24, 2.45) is 5.92 Å². The zero-order valence-corrected chi connectivity index (χ0v) is 13.8. The fourth-order valence-corrected chi connectivity index (χ4v) is 3.60. The molecule has 2 rings (SSSR count). The fourth-order valence-electron chi connectivity index (χ4n) is 3.35. The lowest BCUT2D eigenvalue weighted by Gasteiger charge is -2.25. The molecule has 1 fully saturated rings. The van der Waals surface area contributed by atoms with Crippen molar-refractivity contribution in [1.29, 1.82) is 0 Å². The minimum atomic E-state index is -0.199. The lowest BCUT2D eigenvalue weighted by Crippen LogP contribution is -2.23. The number of hydrogen-bond donors (Lipinski definition) is 1. The van der Waals surface area contributed by atoms with Gasteiger partial charge in [0.15, 0.2) is 0 Å². The van der Waals surface area contributed by atoms with E-state index in [-0.39, 0.29) is 11.9 Å². The molecule has 0 amide bonds. The zero-order valence-electron chi connectivity index (χ0n) is 13.0. The van der Waals surface area contributed by atoms with Gasteiger partial charge in [-0.3, -0.25) is 0 Å². The molecule has 1 aromatic rings. The Morgan fingerprint density at radius 1 is 1.29 bits per heavy atom. The molecule has 1 unspecified atom stereocenters. The highest BCUT2D eigenvalue weighted by Crippen LogP contribution is 2.32. The summed E-state index contributed by atoms with van der Waals surface area (Å²) in [5.74, 6) is 0.646. The third kappa shape index (κ3) is 5.27. The average molecular weight is 312 g/mol. The van der Waals surface area contributed by atoms with Gasteiger partial charge >= 0.3 is 0 Å². The third-order valence-corrected chi connectivity index (χ3v) is 4.91. The SMILES string of the molecule is CCCNC(CCC1CCCCC1)c1cc(F)ccc1Cl. The van der Waals surface area contributed by atoms with E-state index in [0.29, 0.717) is 5.02 Å². The Morgan fingerprint density at radius 3 is 2.76 bits per heavy atom. The maximum absolute atomic E-state index is 13.5. The Hall–Kier alpha value is -0.600. The summed E-state index contributed by atoms with van der Waals surface area (Å²) in [7, 11) is 0. The van der Waals surface area contributed by atoms with Crippen molar-refractivity contribution in [2.75, 3.05) is 6.54 Å². The molecule has 1 atom stereocenters. The smallest absolute Gasteiger partial charge is 0.123 e. The van der Waals surface area contributed by atoms with Crippen LogP contribution in [0, 0.1) is 11.7 Å². The van der Waals surface area contributed by atoms with Crippen LogP contribution >= 0.6 is 11.6 Å². The van der Waals surface area contributed by atoms with Crippen molar-refractivity contribution in [3.63, 3.8) is 0 Å². The first-order chi connectivity index (χ1) is 10.2. The molecule has 0 aromatic heterocycles. The monoisotopic (exact) mass is 311 g/mol. The molecule has 0 radical (unpaired) electrons. The summed E-state index contributed by atoms with van der Waals surface area (Å²) in [6.07, 6.45) is 10.2. The molecule has 1 aliphatic carbocycles. The van der Waals surface area contributed by atoms with Gasteiger partial charge in [0, 0.05) is 11.1 Å². The highest BCUT2D eigenvalue weighted by Gasteiger charge is 2.19. The first kappa shape index (κ1) is 16.8. The van der Waals surface area contributed by atoms with E-state index in [1.165, 1.54) is 44.6 Å².